The lowest BCUT2D eigenvalue weighted by Crippen LogP contribution is -2.44. The van der Waals surface area contributed by atoms with Crippen LogP contribution in [0.4, 0.5) is 0 Å². The van der Waals surface area contributed by atoms with Crippen LogP contribution in [0, 0.1) is 0 Å². The number of hydrogen-bond donors (Lipinski definition) is 3. The van der Waals surface area contributed by atoms with Gasteiger partial charge in [-0.3, -0.25) is 0 Å². The van der Waals surface area contributed by atoms with Gasteiger partial charge in [0.25, 0.3) is 0 Å². The van der Waals surface area contributed by atoms with Gasteiger partial charge < -0.3 is 15.7 Å². The van der Waals surface area contributed by atoms with Crippen LogP contribution in [0.1, 0.15) is 39.0 Å². The standard InChI is InChI=1S/C18H28N2O/c1-3-9-15(18(21)17-12-7-8-13-20-17)14-10-5-4-6-11-16(14)19-2/h4-5,9-11,17-21H,3,6-8,12-13H2,1-2H3/b15-9+. The molecule has 0 saturated carbocycles. The first-order valence-corrected chi connectivity index (χ1v) is 8.15. The molecule has 0 aromatic rings. The summed E-state index contributed by atoms with van der Waals surface area (Å²) in [6.07, 6.45) is 15.5. The highest BCUT2D eigenvalue weighted by Gasteiger charge is 2.27. The summed E-state index contributed by atoms with van der Waals surface area (Å²) in [6, 6.07) is 0.169. The zero-order valence-electron chi connectivity index (χ0n) is 13.2. The van der Waals surface area contributed by atoms with Gasteiger partial charge in [-0.25, -0.2) is 0 Å². The Bertz CT molecular complexity index is 454. The maximum Gasteiger partial charge on any atom is 0.0946 e. The van der Waals surface area contributed by atoms with Crippen molar-refractivity contribution in [1.82, 2.24) is 10.6 Å². The lowest BCUT2D eigenvalue weighted by Gasteiger charge is -2.31. The molecule has 0 radical (unpaired) electrons. The molecule has 3 nitrogen and oxygen atoms in total. The van der Waals surface area contributed by atoms with Crippen molar-refractivity contribution in [1.29, 1.82) is 0 Å². The number of allylic oxidation sites excluding steroid dienone is 6. The van der Waals surface area contributed by atoms with Gasteiger partial charge in [0, 0.05) is 24.4 Å². The van der Waals surface area contributed by atoms with Gasteiger partial charge in [0.15, 0.2) is 0 Å². The fourth-order valence-corrected chi connectivity index (χ4v) is 3.09. The summed E-state index contributed by atoms with van der Waals surface area (Å²) in [4.78, 5) is 0. The topological polar surface area (TPSA) is 44.3 Å². The van der Waals surface area contributed by atoms with Crippen molar-refractivity contribution in [2.45, 2.75) is 51.2 Å². The Balaban J connectivity index is 2.27. The average molecular weight is 288 g/mol. The van der Waals surface area contributed by atoms with Crippen LogP contribution >= 0.6 is 0 Å². The van der Waals surface area contributed by atoms with E-state index in [1.807, 2.05) is 7.05 Å². The molecular weight excluding hydrogens is 260 g/mol. The van der Waals surface area contributed by atoms with Crippen LogP contribution in [-0.4, -0.2) is 30.8 Å². The molecule has 2 atom stereocenters. The Labute approximate surface area is 128 Å². The molecule has 0 spiro atoms. The highest BCUT2D eigenvalue weighted by atomic mass is 16.3. The van der Waals surface area contributed by atoms with E-state index in [1.54, 1.807) is 0 Å². The van der Waals surface area contributed by atoms with Gasteiger partial charge in [-0.1, -0.05) is 43.7 Å². The molecule has 2 unspecified atom stereocenters. The molecule has 116 valence electrons. The van der Waals surface area contributed by atoms with E-state index in [9.17, 15) is 5.11 Å². The van der Waals surface area contributed by atoms with E-state index >= 15 is 0 Å². The molecule has 1 aliphatic heterocycles. The van der Waals surface area contributed by atoms with E-state index in [-0.39, 0.29) is 6.04 Å². The SMILES string of the molecule is CC/C=C(\C1=CC=CCC=C1NC)C(O)C1CCCCN1. The van der Waals surface area contributed by atoms with Crippen molar-refractivity contribution in [2.24, 2.45) is 0 Å². The molecular formula is C18H28N2O. The monoisotopic (exact) mass is 288 g/mol. The van der Waals surface area contributed by atoms with Crippen LogP contribution in [-0.2, 0) is 0 Å². The van der Waals surface area contributed by atoms with Gasteiger partial charge in [0.05, 0.1) is 6.10 Å². The predicted octanol–water partition coefficient (Wildman–Crippen LogP) is 2.82. The molecule has 1 heterocycles. The van der Waals surface area contributed by atoms with Crippen molar-refractivity contribution in [3.63, 3.8) is 0 Å². The normalized spacial score (nSPS) is 24.9. The molecule has 2 rings (SSSR count). The van der Waals surface area contributed by atoms with E-state index < -0.39 is 6.10 Å². The van der Waals surface area contributed by atoms with E-state index in [0.29, 0.717) is 0 Å². The van der Waals surface area contributed by atoms with Crippen LogP contribution in [0.25, 0.3) is 0 Å². The van der Waals surface area contributed by atoms with Gasteiger partial charge in [-0.15, -0.1) is 0 Å². The van der Waals surface area contributed by atoms with E-state index in [4.69, 9.17) is 0 Å². The summed E-state index contributed by atoms with van der Waals surface area (Å²) in [5.74, 6) is 0. The fourth-order valence-electron chi connectivity index (χ4n) is 3.09. The number of aliphatic hydroxyl groups excluding tert-OH is 1. The Morgan fingerprint density at radius 3 is 3.05 bits per heavy atom. The minimum Gasteiger partial charge on any atom is -0.388 e. The number of hydrogen-bond acceptors (Lipinski definition) is 3. The zero-order valence-corrected chi connectivity index (χ0v) is 13.2. The lowest BCUT2D eigenvalue weighted by molar-refractivity contribution is 0.145. The maximum atomic E-state index is 10.9. The molecule has 1 saturated heterocycles. The van der Waals surface area contributed by atoms with Gasteiger partial charge in [-0.05, 0) is 37.8 Å². The van der Waals surface area contributed by atoms with Crippen molar-refractivity contribution in [3.8, 4) is 0 Å². The first kappa shape index (κ1) is 16.1. The summed E-state index contributed by atoms with van der Waals surface area (Å²) in [6.45, 7) is 3.13. The molecule has 1 fully saturated rings. The molecule has 0 aromatic carbocycles. The molecule has 3 N–H and O–H groups in total. The molecule has 1 aliphatic carbocycles. The van der Waals surface area contributed by atoms with Crippen LogP contribution in [0.3, 0.4) is 0 Å². The zero-order chi connectivity index (χ0) is 15.1. The van der Waals surface area contributed by atoms with E-state index in [0.717, 1.165) is 42.7 Å². The summed E-state index contributed by atoms with van der Waals surface area (Å²) in [7, 11) is 1.94. The summed E-state index contributed by atoms with van der Waals surface area (Å²) in [5.41, 5.74) is 3.27. The van der Waals surface area contributed by atoms with Gasteiger partial charge in [0.1, 0.15) is 0 Å². The van der Waals surface area contributed by atoms with Crippen LogP contribution in [0.5, 0.6) is 0 Å². The van der Waals surface area contributed by atoms with Crippen molar-refractivity contribution in [3.05, 3.63) is 47.2 Å². The summed E-state index contributed by atoms with van der Waals surface area (Å²) >= 11 is 0. The van der Waals surface area contributed by atoms with Gasteiger partial charge in [0.2, 0.25) is 0 Å². The number of piperidine rings is 1. The van der Waals surface area contributed by atoms with Crippen molar-refractivity contribution < 1.29 is 5.11 Å². The third-order valence-electron chi connectivity index (χ3n) is 4.20. The molecule has 3 heteroatoms. The van der Waals surface area contributed by atoms with Crippen LogP contribution in [0.2, 0.25) is 0 Å². The highest BCUT2D eigenvalue weighted by Crippen LogP contribution is 2.27. The molecule has 0 amide bonds. The minimum absolute atomic E-state index is 0.169. The molecule has 0 bridgehead atoms. The van der Waals surface area contributed by atoms with Crippen LogP contribution in [0.15, 0.2) is 47.2 Å². The maximum absolute atomic E-state index is 10.9. The number of rotatable bonds is 5. The third kappa shape index (κ3) is 4.08. The number of likely N-dealkylation sites (N-methyl/N-ethyl adjacent to an activating group) is 1. The smallest absolute Gasteiger partial charge is 0.0946 e. The Morgan fingerprint density at radius 2 is 2.38 bits per heavy atom. The van der Waals surface area contributed by atoms with E-state index in [2.05, 4.69) is 47.9 Å². The minimum atomic E-state index is -0.445. The Kier molecular flexibility index (Phi) is 6.27. The Hall–Kier alpha value is -1.32. The summed E-state index contributed by atoms with van der Waals surface area (Å²) < 4.78 is 0. The summed E-state index contributed by atoms with van der Waals surface area (Å²) in [5, 5.41) is 17.6. The van der Waals surface area contributed by atoms with Gasteiger partial charge in [-0.2, -0.15) is 0 Å². The first-order chi connectivity index (χ1) is 10.3. The highest BCUT2D eigenvalue weighted by molar-refractivity contribution is 5.51. The second kappa shape index (κ2) is 8.20. The predicted molar refractivity (Wildman–Crippen MR) is 89.0 cm³/mol. The Morgan fingerprint density at radius 1 is 1.52 bits per heavy atom. The molecule has 21 heavy (non-hydrogen) atoms. The van der Waals surface area contributed by atoms with Crippen molar-refractivity contribution >= 4 is 0 Å². The lowest BCUT2D eigenvalue weighted by atomic mass is 9.88. The number of aliphatic hydroxyl groups is 1. The quantitative estimate of drug-likeness (QED) is 0.729. The first-order valence-electron chi connectivity index (χ1n) is 8.15. The second-order valence-electron chi connectivity index (χ2n) is 5.68. The molecule has 0 aromatic heterocycles. The average Bonchev–Trinajstić information content (AvgIpc) is 2.78. The fraction of sp³-hybridized carbons (Fsp3) is 0.556. The van der Waals surface area contributed by atoms with Crippen LogP contribution < -0.4 is 10.6 Å². The van der Waals surface area contributed by atoms with E-state index in [1.165, 1.54) is 12.8 Å². The number of nitrogens with one attached hydrogen (secondary N) is 2. The largest absolute Gasteiger partial charge is 0.388 e. The molecule has 2 aliphatic rings. The second-order valence-corrected chi connectivity index (χ2v) is 5.68. The third-order valence-corrected chi connectivity index (χ3v) is 4.20. The van der Waals surface area contributed by atoms with Crippen molar-refractivity contribution in [2.75, 3.05) is 13.6 Å². The van der Waals surface area contributed by atoms with Gasteiger partial charge >= 0.3 is 0 Å².